The number of halogens is 3. The van der Waals surface area contributed by atoms with Gasteiger partial charge in [0.05, 0.1) is 27.5 Å². The van der Waals surface area contributed by atoms with Crippen molar-refractivity contribution in [3.05, 3.63) is 42.5 Å². The SMILES string of the molecule is COc1cc(Br)cc(C)c1NC(C)c1cc(Cl)sc1Cl. The first-order chi connectivity index (χ1) is 9.42. The molecule has 2 aromatic rings. The lowest BCUT2D eigenvalue weighted by Crippen LogP contribution is -2.08. The molecule has 6 heteroatoms. The molecule has 1 aromatic carbocycles. The highest BCUT2D eigenvalue weighted by molar-refractivity contribution is 9.10. The maximum Gasteiger partial charge on any atom is 0.143 e. The molecule has 20 heavy (non-hydrogen) atoms. The molecular weight excluding hydrogens is 381 g/mol. The highest BCUT2D eigenvalue weighted by atomic mass is 79.9. The quantitative estimate of drug-likeness (QED) is 0.656. The van der Waals surface area contributed by atoms with Crippen molar-refractivity contribution in [2.75, 3.05) is 12.4 Å². The van der Waals surface area contributed by atoms with Crippen LogP contribution in [0.25, 0.3) is 0 Å². The first kappa shape index (κ1) is 16.0. The second kappa shape index (κ2) is 6.56. The molecule has 0 aliphatic heterocycles. The van der Waals surface area contributed by atoms with Crippen LogP contribution >= 0.6 is 50.5 Å². The average Bonchev–Trinajstić information content (AvgIpc) is 2.71. The second-order valence-electron chi connectivity index (χ2n) is 4.45. The minimum absolute atomic E-state index is 0.0417. The topological polar surface area (TPSA) is 21.3 Å². The molecule has 1 heterocycles. The number of hydrogen-bond donors (Lipinski definition) is 1. The molecule has 0 saturated carbocycles. The maximum atomic E-state index is 6.20. The first-order valence-electron chi connectivity index (χ1n) is 5.97. The number of aryl methyl sites for hydroxylation is 1. The molecule has 2 rings (SSSR count). The molecule has 1 unspecified atom stereocenters. The Bertz CT molecular complexity index is 630. The van der Waals surface area contributed by atoms with Crippen molar-refractivity contribution in [1.82, 2.24) is 0 Å². The van der Waals surface area contributed by atoms with E-state index < -0.39 is 0 Å². The largest absolute Gasteiger partial charge is 0.495 e. The minimum atomic E-state index is 0.0417. The standard InChI is InChI=1S/C14H14BrCl2NOS/c1-7-4-9(15)5-11(19-3)13(7)18-8(2)10-6-12(16)20-14(10)17/h4-6,8,18H,1-3H3. The smallest absolute Gasteiger partial charge is 0.143 e. The van der Waals surface area contributed by atoms with Gasteiger partial charge in [0.25, 0.3) is 0 Å². The summed E-state index contributed by atoms with van der Waals surface area (Å²) in [5.41, 5.74) is 3.05. The normalized spacial score (nSPS) is 12.3. The zero-order valence-electron chi connectivity index (χ0n) is 11.3. The van der Waals surface area contributed by atoms with Gasteiger partial charge in [-0.1, -0.05) is 39.1 Å². The summed E-state index contributed by atoms with van der Waals surface area (Å²) in [6.07, 6.45) is 0. The predicted octanol–water partition coefficient (Wildman–Crippen LogP) is 6.31. The summed E-state index contributed by atoms with van der Waals surface area (Å²) < 4.78 is 7.82. The van der Waals surface area contributed by atoms with E-state index in [0.717, 1.165) is 27.0 Å². The van der Waals surface area contributed by atoms with Crippen LogP contribution in [-0.4, -0.2) is 7.11 Å². The number of ether oxygens (including phenoxy) is 1. The van der Waals surface area contributed by atoms with Gasteiger partial charge >= 0.3 is 0 Å². The second-order valence-corrected chi connectivity index (χ2v) is 7.65. The lowest BCUT2D eigenvalue weighted by atomic mass is 10.1. The number of thiophene rings is 1. The third-order valence-electron chi connectivity index (χ3n) is 2.99. The molecule has 0 aliphatic rings. The number of rotatable bonds is 4. The minimum Gasteiger partial charge on any atom is -0.495 e. The third kappa shape index (κ3) is 3.42. The molecule has 0 spiro atoms. The Hall–Kier alpha value is -0.420. The van der Waals surface area contributed by atoms with Crippen molar-refractivity contribution < 1.29 is 4.74 Å². The van der Waals surface area contributed by atoms with Crippen LogP contribution in [0.1, 0.15) is 24.1 Å². The van der Waals surface area contributed by atoms with Gasteiger partial charge < -0.3 is 10.1 Å². The third-order valence-corrected chi connectivity index (χ3v) is 4.97. The van der Waals surface area contributed by atoms with E-state index in [-0.39, 0.29) is 6.04 Å². The van der Waals surface area contributed by atoms with Crippen LogP contribution in [-0.2, 0) is 0 Å². The summed E-state index contributed by atoms with van der Waals surface area (Å²) in [6, 6.07) is 5.91. The van der Waals surface area contributed by atoms with Gasteiger partial charge in [0.1, 0.15) is 5.75 Å². The maximum absolute atomic E-state index is 6.20. The van der Waals surface area contributed by atoms with E-state index >= 15 is 0 Å². The van der Waals surface area contributed by atoms with Gasteiger partial charge in [-0.15, -0.1) is 11.3 Å². The summed E-state index contributed by atoms with van der Waals surface area (Å²) in [7, 11) is 1.66. The van der Waals surface area contributed by atoms with Gasteiger partial charge in [0, 0.05) is 10.0 Å². The summed E-state index contributed by atoms with van der Waals surface area (Å²) in [5.74, 6) is 0.793. The summed E-state index contributed by atoms with van der Waals surface area (Å²) in [4.78, 5) is 0. The number of nitrogens with one attached hydrogen (secondary N) is 1. The lowest BCUT2D eigenvalue weighted by Gasteiger charge is -2.19. The van der Waals surface area contributed by atoms with Crippen molar-refractivity contribution in [2.45, 2.75) is 19.9 Å². The molecule has 1 atom stereocenters. The van der Waals surface area contributed by atoms with Crippen LogP contribution in [0.4, 0.5) is 5.69 Å². The Labute approximate surface area is 141 Å². The van der Waals surface area contributed by atoms with Crippen molar-refractivity contribution in [2.24, 2.45) is 0 Å². The monoisotopic (exact) mass is 393 g/mol. The molecule has 108 valence electrons. The van der Waals surface area contributed by atoms with Crippen molar-refractivity contribution >= 4 is 56.2 Å². The first-order valence-corrected chi connectivity index (χ1v) is 8.34. The Morgan fingerprint density at radius 3 is 2.55 bits per heavy atom. The van der Waals surface area contributed by atoms with E-state index in [1.165, 1.54) is 11.3 Å². The van der Waals surface area contributed by atoms with Crippen LogP contribution < -0.4 is 10.1 Å². The van der Waals surface area contributed by atoms with Crippen LogP contribution in [0.3, 0.4) is 0 Å². The van der Waals surface area contributed by atoms with Crippen LogP contribution in [0.15, 0.2) is 22.7 Å². The van der Waals surface area contributed by atoms with Crippen LogP contribution in [0.5, 0.6) is 5.75 Å². The molecular formula is C14H14BrCl2NOS. The number of benzene rings is 1. The Balaban J connectivity index is 2.32. The van der Waals surface area contributed by atoms with Crippen LogP contribution in [0.2, 0.25) is 8.67 Å². The molecule has 0 fully saturated rings. The zero-order chi connectivity index (χ0) is 14.9. The Kier molecular flexibility index (Phi) is 5.24. The van der Waals surface area contributed by atoms with E-state index in [0.29, 0.717) is 8.67 Å². The summed E-state index contributed by atoms with van der Waals surface area (Å²) >= 11 is 17.0. The molecule has 0 bridgehead atoms. The fraction of sp³-hybridized carbons (Fsp3) is 0.286. The van der Waals surface area contributed by atoms with Crippen molar-refractivity contribution in [3.8, 4) is 5.75 Å². The Morgan fingerprint density at radius 2 is 2.00 bits per heavy atom. The van der Waals surface area contributed by atoms with E-state index in [1.54, 1.807) is 7.11 Å². The molecule has 0 amide bonds. The molecule has 0 aliphatic carbocycles. The van der Waals surface area contributed by atoms with Gasteiger partial charge in [-0.3, -0.25) is 0 Å². The van der Waals surface area contributed by atoms with Gasteiger partial charge in [-0.05, 0) is 37.6 Å². The molecule has 1 aromatic heterocycles. The predicted molar refractivity (Wildman–Crippen MR) is 91.8 cm³/mol. The van der Waals surface area contributed by atoms with Gasteiger partial charge in [0.2, 0.25) is 0 Å². The fourth-order valence-corrected chi connectivity index (χ4v) is 4.20. The molecule has 2 nitrogen and oxygen atoms in total. The lowest BCUT2D eigenvalue weighted by molar-refractivity contribution is 0.415. The van der Waals surface area contributed by atoms with Crippen LogP contribution in [0, 0.1) is 6.92 Å². The average molecular weight is 395 g/mol. The van der Waals surface area contributed by atoms with E-state index in [2.05, 4.69) is 21.2 Å². The number of methoxy groups -OCH3 is 1. The van der Waals surface area contributed by atoms with Crippen molar-refractivity contribution in [3.63, 3.8) is 0 Å². The van der Waals surface area contributed by atoms with Gasteiger partial charge in [-0.25, -0.2) is 0 Å². The zero-order valence-corrected chi connectivity index (χ0v) is 15.2. The fourth-order valence-electron chi connectivity index (χ4n) is 2.00. The van der Waals surface area contributed by atoms with Gasteiger partial charge in [-0.2, -0.15) is 0 Å². The highest BCUT2D eigenvalue weighted by Gasteiger charge is 2.16. The molecule has 0 saturated heterocycles. The molecule has 0 radical (unpaired) electrons. The highest BCUT2D eigenvalue weighted by Crippen LogP contribution is 2.39. The molecule has 1 N–H and O–H groups in total. The van der Waals surface area contributed by atoms with Gasteiger partial charge in [0.15, 0.2) is 0 Å². The van der Waals surface area contributed by atoms with E-state index in [1.807, 2.05) is 32.0 Å². The van der Waals surface area contributed by atoms with E-state index in [4.69, 9.17) is 27.9 Å². The Morgan fingerprint density at radius 1 is 1.30 bits per heavy atom. The summed E-state index contributed by atoms with van der Waals surface area (Å²) in [6.45, 7) is 4.08. The number of hydrogen-bond acceptors (Lipinski definition) is 3. The number of anilines is 1. The summed E-state index contributed by atoms with van der Waals surface area (Å²) in [5, 5.41) is 3.45. The van der Waals surface area contributed by atoms with E-state index in [9.17, 15) is 0 Å². The van der Waals surface area contributed by atoms with Crippen molar-refractivity contribution in [1.29, 1.82) is 0 Å².